The van der Waals surface area contributed by atoms with E-state index in [1.54, 1.807) is 12.1 Å². The standard InChI is InChI=1S/C19H22N2O3/c1-19(2,3)18(23)21-14-11-9-13(10-12-14)20-16-8-6-5-7-15(16)17(22)24-4/h5-12,20H,1-4H3,(H,21,23). The molecule has 2 rings (SSSR count). The molecule has 0 saturated carbocycles. The van der Waals surface area contributed by atoms with Crippen LogP contribution in [0.15, 0.2) is 48.5 Å². The predicted octanol–water partition coefficient (Wildman–Crippen LogP) is 4.20. The normalized spacial score (nSPS) is 10.8. The fourth-order valence-corrected chi connectivity index (χ4v) is 1.99. The lowest BCUT2D eigenvalue weighted by molar-refractivity contribution is -0.123. The molecule has 0 bridgehead atoms. The summed E-state index contributed by atoms with van der Waals surface area (Å²) < 4.78 is 4.78. The Labute approximate surface area is 142 Å². The van der Waals surface area contributed by atoms with Gasteiger partial charge in [-0.3, -0.25) is 4.79 Å². The fraction of sp³-hybridized carbons (Fsp3) is 0.263. The summed E-state index contributed by atoms with van der Waals surface area (Å²) in [6.45, 7) is 5.59. The Kier molecular flexibility index (Phi) is 5.24. The third-order valence-corrected chi connectivity index (χ3v) is 3.44. The van der Waals surface area contributed by atoms with Gasteiger partial charge in [-0.15, -0.1) is 0 Å². The summed E-state index contributed by atoms with van der Waals surface area (Å²) >= 11 is 0. The largest absolute Gasteiger partial charge is 0.465 e. The molecule has 2 aromatic rings. The van der Waals surface area contributed by atoms with Crippen molar-refractivity contribution < 1.29 is 14.3 Å². The zero-order chi connectivity index (χ0) is 17.7. The molecule has 0 saturated heterocycles. The molecule has 5 nitrogen and oxygen atoms in total. The second-order valence-electron chi connectivity index (χ2n) is 6.44. The van der Waals surface area contributed by atoms with Crippen LogP contribution >= 0.6 is 0 Å². The molecule has 0 heterocycles. The fourth-order valence-electron chi connectivity index (χ4n) is 1.99. The smallest absolute Gasteiger partial charge is 0.339 e. The van der Waals surface area contributed by atoms with E-state index in [2.05, 4.69) is 10.6 Å². The maximum Gasteiger partial charge on any atom is 0.339 e. The van der Waals surface area contributed by atoms with Crippen molar-refractivity contribution in [3.63, 3.8) is 0 Å². The maximum absolute atomic E-state index is 12.0. The lowest BCUT2D eigenvalue weighted by Gasteiger charge is -2.18. The number of anilines is 3. The lowest BCUT2D eigenvalue weighted by atomic mass is 9.95. The summed E-state index contributed by atoms with van der Waals surface area (Å²) in [4.78, 5) is 23.8. The Hall–Kier alpha value is -2.82. The number of hydrogen-bond donors (Lipinski definition) is 2. The SMILES string of the molecule is COC(=O)c1ccccc1Nc1ccc(NC(=O)C(C)(C)C)cc1. The van der Waals surface area contributed by atoms with Gasteiger partial charge < -0.3 is 15.4 Å². The van der Waals surface area contributed by atoms with E-state index in [-0.39, 0.29) is 5.91 Å². The third kappa shape index (κ3) is 4.35. The Morgan fingerprint density at radius 3 is 2.08 bits per heavy atom. The molecule has 5 heteroatoms. The molecule has 0 aromatic heterocycles. The minimum Gasteiger partial charge on any atom is -0.465 e. The number of esters is 1. The van der Waals surface area contributed by atoms with Gasteiger partial charge in [-0.1, -0.05) is 32.9 Å². The number of methoxy groups -OCH3 is 1. The van der Waals surface area contributed by atoms with Crippen molar-refractivity contribution in [1.82, 2.24) is 0 Å². The van der Waals surface area contributed by atoms with Crippen LogP contribution < -0.4 is 10.6 Å². The highest BCUT2D eigenvalue weighted by molar-refractivity contribution is 5.97. The second-order valence-corrected chi connectivity index (χ2v) is 6.44. The van der Waals surface area contributed by atoms with Gasteiger partial charge in [0.2, 0.25) is 5.91 Å². The molecule has 0 aliphatic carbocycles. The minimum absolute atomic E-state index is 0.0424. The number of carbonyl (C=O) groups is 2. The molecule has 2 aromatic carbocycles. The van der Waals surface area contributed by atoms with Crippen LogP contribution in [-0.2, 0) is 9.53 Å². The zero-order valence-electron chi connectivity index (χ0n) is 14.3. The maximum atomic E-state index is 12.0. The molecule has 0 radical (unpaired) electrons. The molecule has 0 aliphatic heterocycles. The van der Waals surface area contributed by atoms with Crippen molar-refractivity contribution in [2.75, 3.05) is 17.7 Å². The van der Waals surface area contributed by atoms with Crippen LogP contribution in [0.5, 0.6) is 0 Å². The predicted molar refractivity (Wildman–Crippen MR) is 95.6 cm³/mol. The first kappa shape index (κ1) is 17.5. The van der Waals surface area contributed by atoms with E-state index in [0.717, 1.165) is 11.4 Å². The molecule has 24 heavy (non-hydrogen) atoms. The van der Waals surface area contributed by atoms with E-state index in [9.17, 15) is 9.59 Å². The van der Waals surface area contributed by atoms with Crippen molar-refractivity contribution in [2.24, 2.45) is 5.41 Å². The first-order valence-corrected chi connectivity index (χ1v) is 7.67. The van der Waals surface area contributed by atoms with Gasteiger partial charge in [-0.25, -0.2) is 4.79 Å². The molecule has 0 spiro atoms. The van der Waals surface area contributed by atoms with Crippen LogP contribution in [0.25, 0.3) is 0 Å². The molecule has 1 amide bonds. The highest BCUT2D eigenvalue weighted by Gasteiger charge is 2.21. The van der Waals surface area contributed by atoms with E-state index in [4.69, 9.17) is 4.74 Å². The van der Waals surface area contributed by atoms with Crippen molar-refractivity contribution in [3.05, 3.63) is 54.1 Å². The van der Waals surface area contributed by atoms with Crippen molar-refractivity contribution in [3.8, 4) is 0 Å². The average molecular weight is 326 g/mol. The number of amides is 1. The van der Waals surface area contributed by atoms with Crippen molar-refractivity contribution >= 4 is 28.9 Å². The van der Waals surface area contributed by atoms with Gasteiger partial charge in [-0.2, -0.15) is 0 Å². The molecule has 0 aliphatic rings. The quantitative estimate of drug-likeness (QED) is 0.826. The van der Waals surface area contributed by atoms with Crippen molar-refractivity contribution in [2.45, 2.75) is 20.8 Å². The van der Waals surface area contributed by atoms with Crippen LogP contribution in [0.4, 0.5) is 17.1 Å². The van der Waals surface area contributed by atoms with E-state index in [0.29, 0.717) is 11.3 Å². The molecule has 0 unspecified atom stereocenters. The summed E-state index contributed by atoms with van der Waals surface area (Å²) in [6, 6.07) is 14.4. The van der Waals surface area contributed by atoms with Crippen LogP contribution in [0.3, 0.4) is 0 Å². The first-order chi connectivity index (χ1) is 11.3. The molecular weight excluding hydrogens is 304 g/mol. The topological polar surface area (TPSA) is 67.4 Å². The number of rotatable bonds is 4. The first-order valence-electron chi connectivity index (χ1n) is 7.67. The summed E-state index contributed by atoms with van der Waals surface area (Å²) in [5.41, 5.74) is 2.21. The Bertz CT molecular complexity index is 731. The number of hydrogen-bond acceptors (Lipinski definition) is 4. The highest BCUT2D eigenvalue weighted by atomic mass is 16.5. The lowest BCUT2D eigenvalue weighted by Crippen LogP contribution is -2.27. The number of carbonyl (C=O) groups excluding carboxylic acids is 2. The van der Waals surface area contributed by atoms with E-state index < -0.39 is 11.4 Å². The Morgan fingerprint density at radius 1 is 0.917 bits per heavy atom. The number of ether oxygens (including phenoxy) is 1. The molecule has 2 N–H and O–H groups in total. The van der Waals surface area contributed by atoms with Crippen LogP contribution in [0.2, 0.25) is 0 Å². The van der Waals surface area contributed by atoms with E-state index in [1.165, 1.54) is 7.11 Å². The summed E-state index contributed by atoms with van der Waals surface area (Å²) in [5, 5.41) is 6.06. The minimum atomic E-state index is -0.448. The number of para-hydroxylation sites is 1. The monoisotopic (exact) mass is 326 g/mol. The molecular formula is C19H22N2O3. The third-order valence-electron chi connectivity index (χ3n) is 3.44. The van der Waals surface area contributed by atoms with Gasteiger partial charge in [0.05, 0.1) is 18.4 Å². The summed E-state index contributed by atoms with van der Waals surface area (Å²) in [7, 11) is 1.35. The van der Waals surface area contributed by atoms with E-state index >= 15 is 0 Å². The van der Waals surface area contributed by atoms with Gasteiger partial charge in [0, 0.05) is 16.8 Å². The zero-order valence-corrected chi connectivity index (χ0v) is 14.3. The van der Waals surface area contributed by atoms with E-state index in [1.807, 2.05) is 57.2 Å². The van der Waals surface area contributed by atoms with Gasteiger partial charge in [-0.05, 0) is 36.4 Å². The summed E-state index contributed by atoms with van der Waals surface area (Å²) in [6.07, 6.45) is 0. The van der Waals surface area contributed by atoms with Gasteiger partial charge in [0.1, 0.15) is 0 Å². The second kappa shape index (κ2) is 7.17. The van der Waals surface area contributed by atoms with Crippen LogP contribution in [0.1, 0.15) is 31.1 Å². The highest BCUT2D eigenvalue weighted by Crippen LogP contribution is 2.24. The number of nitrogens with one attached hydrogen (secondary N) is 2. The van der Waals surface area contributed by atoms with Crippen LogP contribution in [0, 0.1) is 5.41 Å². The molecule has 126 valence electrons. The van der Waals surface area contributed by atoms with Crippen molar-refractivity contribution in [1.29, 1.82) is 0 Å². The van der Waals surface area contributed by atoms with Gasteiger partial charge in [0.25, 0.3) is 0 Å². The Morgan fingerprint density at radius 2 is 1.50 bits per heavy atom. The molecule has 0 fully saturated rings. The van der Waals surface area contributed by atoms with Gasteiger partial charge >= 0.3 is 5.97 Å². The number of benzene rings is 2. The van der Waals surface area contributed by atoms with Gasteiger partial charge in [0.15, 0.2) is 0 Å². The summed E-state index contributed by atoms with van der Waals surface area (Å²) in [5.74, 6) is -0.439. The Balaban J connectivity index is 2.13. The van der Waals surface area contributed by atoms with Crippen LogP contribution in [-0.4, -0.2) is 19.0 Å². The molecule has 0 atom stereocenters. The average Bonchev–Trinajstić information content (AvgIpc) is 2.55.